The average Bonchev–Trinajstić information content (AvgIpc) is 2.80. The van der Waals surface area contributed by atoms with Crippen LogP contribution in [0.2, 0.25) is 5.02 Å². The highest BCUT2D eigenvalue weighted by Crippen LogP contribution is 2.33. The Labute approximate surface area is 133 Å². The summed E-state index contributed by atoms with van der Waals surface area (Å²) in [6, 6.07) is 2.74. The van der Waals surface area contributed by atoms with Gasteiger partial charge in [0.05, 0.1) is 21.8 Å². The number of nitrogens with one attached hydrogen (secondary N) is 2. The standard InChI is InChI=1S/C15H22ClFN2OS/c1-9-7-10(17)8-11(13(9)16)14-12(5-6-18-14)19-21(20)15(2,3)4/h7-8,12,14,18-19H,5-6H2,1-4H3/t12-,14-,21-/m1/s1. The van der Waals surface area contributed by atoms with Crippen molar-refractivity contribution in [3.63, 3.8) is 0 Å². The van der Waals surface area contributed by atoms with Gasteiger partial charge in [-0.25, -0.2) is 13.3 Å². The third-order valence-electron chi connectivity index (χ3n) is 3.62. The fourth-order valence-corrected chi connectivity index (χ4v) is 3.56. The van der Waals surface area contributed by atoms with E-state index in [0.717, 1.165) is 24.1 Å². The second kappa shape index (κ2) is 6.32. The summed E-state index contributed by atoms with van der Waals surface area (Å²) < 4.78 is 28.8. The molecule has 0 spiro atoms. The van der Waals surface area contributed by atoms with Crippen LogP contribution in [0.4, 0.5) is 4.39 Å². The lowest BCUT2D eigenvalue weighted by molar-refractivity contribution is 0.521. The van der Waals surface area contributed by atoms with E-state index in [1.807, 2.05) is 20.8 Å². The van der Waals surface area contributed by atoms with Crippen molar-refractivity contribution in [1.29, 1.82) is 0 Å². The smallest absolute Gasteiger partial charge is 0.123 e. The van der Waals surface area contributed by atoms with E-state index in [4.69, 9.17) is 11.6 Å². The third-order valence-corrected chi connectivity index (χ3v) is 5.76. The van der Waals surface area contributed by atoms with Crippen LogP contribution >= 0.6 is 11.6 Å². The van der Waals surface area contributed by atoms with Crippen LogP contribution in [0, 0.1) is 12.7 Å². The van der Waals surface area contributed by atoms with Crippen LogP contribution in [-0.2, 0) is 11.0 Å². The van der Waals surface area contributed by atoms with Crippen LogP contribution in [-0.4, -0.2) is 21.5 Å². The molecule has 1 heterocycles. The number of halogens is 2. The first kappa shape index (κ1) is 16.9. The molecule has 0 amide bonds. The summed E-state index contributed by atoms with van der Waals surface area (Å²) in [6.07, 6.45) is 0.832. The van der Waals surface area contributed by atoms with Gasteiger partial charge in [0.1, 0.15) is 5.82 Å². The van der Waals surface area contributed by atoms with Crippen molar-refractivity contribution in [1.82, 2.24) is 10.0 Å². The van der Waals surface area contributed by atoms with E-state index in [1.165, 1.54) is 12.1 Å². The zero-order valence-corrected chi connectivity index (χ0v) is 14.4. The van der Waals surface area contributed by atoms with Crippen molar-refractivity contribution in [2.75, 3.05) is 6.54 Å². The van der Waals surface area contributed by atoms with Gasteiger partial charge in [-0.1, -0.05) is 11.6 Å². The summed E-state index contributed by atoms with van der Waals surface area (Å²) in [5.41, 5.74) is 1.45. The Morgan fingerprint density at radius 3 is 2.71 bits per heavy atom. The minimum atomic E-state index is -1.17. The summed E-state index contributed by atoms with van der Waals surface area (Å²) in [7, 11) is -1.17. The fraction of sp³-hybridized carbons (Fsp3) is 0.600. The maximum absolute atomic E-state index is 13.7. The fourth-order valence-electron chi connectivity index (χ4n) is 2.45. The van der Waals surface area contributed by atoms with Crippen LogP contribution in [0.5, 0.6) is 0 Å². The molecule has 0 radical (unpaired) electrons. The molecule has 0 unspecified atom stereocenters. The molecule has 1 aromatic carbocycles. The quantitative estimate of drug-likeness (QED) is 0.892. The van der Waals surface area contributed by atoms with Gasteiger partial charge in [0, 0.05) is 11.1 Å². The molecule has 1 fully saturated rings. The highest BCUT2D eigenvalue weighted by Gasteiger charge is 2.33. The summed E-state index contributed by atoms with van der Waals surface area (Å²) in [4.78, 5) is 0. The molecule has 0 aliphatic carbocycles. The maximum atomic E-state index is 13.7. The molecule has 118 valence electrons. The molecule has 2 rings (SSSR count). The second-order valence-corrected chi connectivity index (χ2v) is 8.83. The van der Waals surface area contributed by atoms with Crippen LogP contribution in [0.1, 0.15) is 44.4 Å². The lowest BCUT2D eigenvalue weighted by Crippen LogP contribution is -2.42. The van der Waals surface area contributed by atoms with Crippen LogP contribution in [0.3, 0.4) is 0 Å². The molecule has 1 aliphatic rings. The Balaban J connectivity index is 2.25. The normalized spacial score (nSPS) is 24.3. The Morgan fingerprint density at radius 1 is 1.43 bits per heavy atom. The molecule has 1 saturated heterocycles. The second-order valence-electron chi connectivity index (χ2n) is 6.45. The molecule has 1 aliphatic heterocycles. The zero-order valence-electron chi connectivity index (χ0n) is 12.8. The third kappa shape index (κ3) is 3.83. The molecule has 1 aromatic rings. The molecule has 21 heavy (non-hydrogen) atoms. The lowest BCUT2D eigenvalue weighted by atomic mass is 9.99. The molecule has 3 atom stereocenters. The summed E-state index contributed by atoms with van der Waals surface area (Å²) >= 11 is 6.33. The Bertz CT molecular complexity index is 559. The Kier molecular flexibility index (Phi) is 5.08. The number of hydrogen-bond donors (Lipinski definition) is 2. The molecular weight excluding hydrogens is 311 g/mol. The minimum absolute atomic E-state index is 0.0243. The van der Waals surface area contributed by atoms with Crippen molar-refractivity contribution in [3.05, 3.63) is 34.1 Å². The van der Waals surface area contributed by atoms with Crippen molar-refractivity contribution in [3.8, 4) is 0 Å². The van der Waals surface area contributed by atoms with Gasteiger partial charge in [0.15, 0.2) is 0 Å². The van der Waals surface area contributed by atoms with Crippen LogP contribution in [0.25, 0.3) is 0 Å². The van der Waals surface area contributed by atoms with Gasteiger partial charge < -0.3 is 5.32 Å². The van der Waals surface area contributed by atoms with Crippen molar-refractivity contribution in [2.45, 2.75) is 50.9 Å². The molecule has 2 N–H and O–H groups in total. The van der Waals surface area contributed by atoms with Crippen molar-refractivity contribution < 1.29 is 8.60 Å². The molecular formula is C15H22ClFN2OS. The van der Waals surface area contributed by atoms with Gasteiger partial charge >= 0.3 is 0 Å². The largest absolute Gasteiger partial charge is 0.308 e. The molecule has 6 heteroatoms. The minimum Gasteiger partial charge on any atom is -0.308 e. The summed E-state index contributed by atoms with van der Waals surface area (Å²) in [6.45, 7) is 8.35. The Morgan fingerprint density at radius 2 is 2.10 bits per heavy atom. The first-order chi connectivity index (χ1) is 9.70. The molecule has 0 bridgehead atoms. The lowest BCUT2D eigenvalue weighted by Gasteiger charge is -2.26. The Hall–Kier alpha value is -0.490. The molecule has 0 aromatic heterocycles. The predicted octanol–water partition coefficient (Wildman–Crippen LogP) is 3.24. The van der Waals surface area contributed by atoms with E-state index in [1.54, 1.807) is 6.92 Å². The van der Waals surface area contributed by atoms with E-state index in [2.05, 4.69) is 10.0 Å². The van der Waals surface area contributed by atoms with Gasteiger partial charge in [-0.2, -0.15) is 0 Å². The van der Waals surface area contributed by atoms with E-state index in [-0.39, 0.29) is 22.6 Å². The number of aryl methyl sites for hydroxylation is 1. The predicted molar refractivity (Wildman–Crippen MR) is 86.3 cm³/mol. The number of hydrogen-bond acceptors (Lipinski definition) is 2. The van der Waals surface area contributed by atoms with Gasteiger partial charge in [-0.3, -0.25) is 0 Å². The monoisotopic (exact) mass is 332 g/mol. The zero-order chi connectivity index (χ0) is 15.8. The molecule has 3 nitrogen and oxygen atoms in total. The summed E-state index contributed by atoms with van der Waals surface area (Å²) in [5, 5.41) is 3.90. The molecule has 0 saturated carbocycles. The van der Waals surface area contributed by atoms with E-state index < -0.39 is 11.0 Å². The van der Waals surface area contributed by atoms with Crippen LogP contribution in [0.15, 0.2) is 12.1 Å². The average molecular weight is 333 g/mol. The topological polar surface area (TPSA) is 41.1 Å². The number of benzene rings is 1. The van der Waals surface area contributed by atoms with Gasteiger partial charge in [0.2, 0.25) is 0 Å². The van der Waals surface area contributed by atoms with Gasteiger partial charge in [0.25, 0.3) is 0 Å². The van der Waals surface area contributed by atoms with E-state index >= 15 is 0 Å². The first-order valence-corrected chi connectivity index (χ1v) is 8.60. The van der Waals surface area contributed by atoms with Gasteiger partial charge in [-0.15, -0.1) is 0 Å². The number of rotatable bonds is 3. The SMILES string of the molecule is Cc1cc(F)cc([C@H]2NCC[C@H]2N[S@](=O)C(C)(C)C)c1Cl. The maximum Gasteiger partial charge on any atom is 0.123 e. The van der Waals surface area contributed by atoms with Gasteiger partial charge in [-0.05, 0) is 63.9 Å². The van der Waals surface area contributed by atoms with E-state index in [9.17, 15) is 8.60 Å². The van der Waals surface area contributed by atoms with Crippen molar-refractivity contribution in [2.24, 2.45) is 0 Å². The highest BCUT2D eigenvalue weighted by molar-refractivity contribution is 7.84. The van der Waals surface area contributed by atoms with Crippen molar-refractivity contribution >= 4 is 22.6 Å². The highest BCUT2D eigenvalue weighted by atomic mass is 35.5. The first-order valence-electron chi connectivity index (χ1n) is 7.07. The van der Waals surface area contributed by atoms with E-state index in [0.29, 0.717) is 5.02 Å². The van der Waals surface area contributed by atoms with Crippen LogP contribution < -0.4 is 10.0 Å². The summed E-state index contributed by atoms with van der Waals surface area (Å²) in [5.74, 6) is -0.295.